The van der Waals surface area contributed by atoms with Gasteiger partial charge in [-0.05, 0) is 43.4 Å². The van der Waals surface area contributed by atoms with E-state index in [9.17, 15) is 9.59 Å². The quantitative estimate of drug-likeness (QED) is 0.730. The van der Waals surface area contributed by atoms with Gasteiger partial charge in [-0.15, -0.1) is 0 Å². The van der Waals surface area contributed by atoms with Crippen LogP contribution in [0.5, 0.6) is 17.2 Å². The van der Waals surface area contributed by atoms with Crippen LogP contribution in [-0.4, -0.2) is 69.1 Å². The largest absolute Gasteiger partial charge is 0.493 e. The Morgan fingerprint density at radius 1 is 0.862 bits per heavy atom. The van der Waals surface area contributed by atoms with Crippen molar-refractivity contribution in [1.29, 1.82) is 0 Å². The first-order chi connectivity index (χ1) is 14.1. The van der Waals surface area contributed by atoms with E-state index < -0.39 is 0 Å². The zero-order valence-electron chi connectivity index (χ0n) is 17.5. The highest BCUT2D eigenvalue weighted by atomic mass is 16.5. The lowest BCUT2D eigenvalue weighted by Crippen LogP contribution is -2.37. The Morgan fingerprint density at radius 2 is 1.48 bits per heavy atom. The first-order valence-electron chi connectivity index (χ1n) is 10.4. The third-order valence-corrected chi connectivity index (χ3v) is 6.41. The molecule has 4 rings (SSSR count). The summed E-state index contributed by atoms with van der Waals surface area (Å²) in [5.74, 6) is 1.85. The molecule has 3 aliphatic rings. The van der Waals surface area contributed by atoms with Crippen LogP contribution in [0.2, 0.25) is 0 Å². The maximum atomic E-state index is 13.3. The average molecular weight is 402 g/mol. The second-order valence-electron chi connectivity index (χ2n) is 8.22. The van der Waals surface area contributed by atoms with E-state index in [1.54, 1.807) is 21.3 Å². The summed E-state index contributed by atoms with van der Waals surface area (Å²) >= 11 is 0. The number of rotatable bonds is 6. The molecule has 1 aromatic carbocycles. The number of carbonyl (C=O) groups excluding carboxylic acids is 2. The zero-order valence-corrected chi connectivity index (χ0v) is 17.5. The van der Waals surface area contributed by atoms with Gasteiger partial charge in [0, 0.05) is 38.0 Å². The van der Waals surface area contributed by atoms with Crippen molar-refractivity contribution in [2.24, 2.45) is 11.8 Å². The van der Waals surface area contributed by atoms with Crippen molar-refractivity contribution in [3.05, 3.63) is 17.7 Å². The summed E-state index contributed by atoms with van der Waals surface area (Å²) in [6.45, 7) is 2.67. The van der Waals surface area contributed by atoms with Gasteiger partial charge in [-0.25, -0.2) is 0 Å². The van der Waals surface area contributed by atoms with Gasteiger partial charge in [0.1, 0.15) is 0 Å². The number of nitrogens with zero attached hydrogens (tertiary/aromatic N) is 2. The van der Waals surface area contributed by atoms with Gasteiger partial charge >= 0.3 is 0 Å². The van der Waals surface area contributed by atoms with E-state index in [1.165, 1.54) is 0 Å². The molecule has 29 heavy (non-hydrogen) atoms. The van der Waals surface area contributed by atoms with E-state index in [2.05, 4.69) is 0 Å². The first kappa shape index (κ1) is 19.9. The van der Waals surface area contributed by atoms with Crippen molar-refractivity contribution in [2.45, 2.75) is 31.6 Å². The Hall–Kier alpha value is -2.44. The predicted molar refractivity (Wildman–Crippen MR) is 107 cm³/mol. The summed E-state index contributed by atoms with van der Waals surface area (Å²) in [5, 5.41) is 0. The van der Waals surface area contributed by atoms with Crippen LogP contribution in [0.1, 0.15) is 37.2 Å². The summed E-state index contributed by atoms with van der Waals surface area (Å²) in [6, 6.07) is 3.84. The minimum atomic E-state index is -0.237. The highest BCUT2D eigenvalue weighted by Gasteiger charge is 2.45. The normalized spacial score (nSPS) is 24.0. The minimum absolute atomic E-state index is 0.0838. The SMILES string of the molecule is COc1cc(C2CN(C(=O)C3CC3)CC2C(=O)N2CCCC2)cc(OC)c1OC. The molecular formula is C22H30N2O5. The van der Waals surface area contributed by atoms with Gasteiger partial charge in [0.25, 0.3) is 0 Å². The van der Waals surface area contributed by atoms with Crippen LogP contribution in [-0.2, 0) is 9.59 Å². The predicted octanol–water partition coefficient (Wildman–Crippen LogP) is 2.29. The summed E-state index contributed by atoms with van der Waals surface area (Å²) in [7, 11) is 4.75. The Labute approximate surface area is 171 Å². The molecule has 158 valence electrons. The maximum absolute atomic E-state index is 13.3. The Morgan fingerprint density at radius 3 is 2.00 bits per heavy atom. The number of hydrogen-bond donors (Lipinski definition) is 0. The molecule has 3 fully saturated rings. The number of hydrogen-bond acceptors (Lipinski definition) is 5. The van der Waals surface area contributed by atoms with Gasteiger partial charge in [0.2, 0.25) is 17.6 Å². The monoisotopic (exact) mass is 402 g/mol. The van der Waals surface area contributed by atoms with E-state index in [0.29, 0.717) is 30.3 Å². The summed E-state index contributed by atoms with van der Waals surface area (Å²) < 4.78 is 16.5. The molecule has 0 radical (unpaired) electrons. The molecule has 0 aromatic heterocycles. The van der Waals surface area contributed by atoms with Gasteiger partial charge in [0.05, 0.1) is 27.2 Å². The number of likely N-dealkylation sites (tertiary alicyclic amines) is 2. The molecule has 2 heterocycles. The molecule has 7 nitrogen and oxygen atoms in total. The lowest BCUT2D eigenvalue weighted by Gasteiger charge is -2.25. The van der Waals surface area contributed by atoms with Crippen LogP contribution in [0.4, 0.5) is 0 Å². The average Bonchev–Trinajstić information content (AvgIpc) is 3.27. The van der Waals surface area contributed by atoms with Gasteiger partial charge < -0.3 is 24.0 Å². The number of benzene rings is 1. The van der Waals surface area contributed by atoms with Crippen LogP contribution >= 0.6 is 0 Å². The van der Waals surface area contributed by atoms with Crippen LogP contribution in [0.3, 0.4) is 0 Å². The van der Waals surface area contributed by atoms with E-state index in [4.69, 9.17) is 14.2 Å². The molecule has 2 saturated heterocycles. The van der Waals surface area contributed by atoms with Gasteiger partial charge in [-0.2, -0.15) is 0 Å². The molecule has 1 aliphatic carbocycles. The van der Waals surface area contributed by atoms with Crippen LogP contribution < -0.4 is 14.2 Å². The van der Waals surface area contributed by atoms with E-state index in [1.807, 2.05) is 21.9 Å². The molecule has 1 saturated carbocycles. The van der Waals surface area contributed by atoms with E-state index in [-0.39, 0.29) is 29.6 Å². The van der Waals surface area contributed by atoms with Gasteiger partial charge in [0.15, 0.2) is 11.5 Å². The molecule has 2 unspecified atom stereocenters. The molecule has 0 spiro atoms. The zero-order chi connectivity index (χ0) is 20.5. The van der Waals surface area contributed by atoms with Crippen molar-refractivity contribution in [2.75, 3.05) is 47.5 Å². The molecule has 1 aromatic rings. The topological polar surface area (TPSA) is 68.3 Å². The van der Waals surface area contributed by atoms with Crippen molar-refractivity contribution < 1.29 is 23.8 Å². The van der Waals surface area contributed by atoms with E-state index in [0.717, 1.165) is 44.3 Å². The fourth-order valence-electron chi connectivity index (χ4n) is 4.65. The van der Waals surface area contributed by atoms with Gasteiger partial charge in [-0.3, -0.25) is 9.59 Å². The third-order valence-electron chi connectivity index (χ3n) is 6.41. The molecule has 0 bridgehead atoms. The van der Waals surface area contributed by atoms with Crippen LogP contribution in [0, 0.1) is 11.8 Å². The second kappa shape index (κ2) is 8.13. The number of ether oxygens (including phenoxy) is 3. The van der Waals surface area contributed by atoms with E-state index >= 15 is 0 Å². The molecule has 2 atom stereocenters. The summed E-state index contributed by atoms with van der Waals surface area (Å²) in [4.78, 5) is 29.9. The third kappa shape index (κ3) is 3.74. The molecule has 2 amide bonds. The van der Waals surface area contributed by atoms with Crippen molar-refractivity contribution in [1.82, 2.24) is 9.80 Å². The highest BCUT2D eigenvalue weighted by molar-refractivity contribution is 5.85. The summed E-state index contributed by atoms with van der Waals surface area (Å²) in [6.07, 6.45) is 4.04. The van der Waals surface area contributed by atoms with Crippen LogP contribution in [0.15, 0.2) is 12.1 Å². The fraction of sp³-hybridized carbons (Fsp3) is 0.636. The number of amides is 2. The van der Waals surface area contributed by atoms with Crippen molar-refractivity contribution in [3.63, 3.8) is 0 Å². The fourth-order valence-corrected chi connectivity index (χ4v) is 4.65. The Bertz CT molecular complexity index is 760. The number of methoxy groups -OCH3 is 3. The Balaban J connectivity index is 1.67. The Kier molecular flexibility index (Phi) is 5.56. The second-order valence-corrected chi connectivity index (χ2v) is 8.22. The van der Waals surface area contributed by atoms with Gasteiger partial charge in [-0.1, -0.05) is 0 Å². The first-order valence-corrected chi connectivity index (χ1v) is 10.4. The lowest BCUT2D eigenvalue weighted by molar-refractivity contribution is -0.135. The highest BCUT2D eigenvalue weighted by Crippen LogP contribution is 2.44. The number of carbonyl (C=O) groups is 2. The van der Waals surface area contributed by atoms with Crippen LogP contribution in [0.25, 0.3) is 0 Å². The molecule has 2 aliphatic heterocycles. The van der Waals surface area contributed by atoms with Crippen molar-refractivity contribution in [3.8, 4) is 17.2 Å². The smallest absolute Gasteiger partial charge is 0.228 e. The minimum Gasteiger partial charge on any atom is -0.493 e. The molecule has 0 N–H and O–H groups in total. The molecular weight excluding hydrogens is 372 g/mol. The standard InChI is InChI=1S/C22H30N2O5/c1-27-18-10-15(11-19(28-2)20(18)29-3)16-12-24(21(25)14-6-7-14)13-17(16)22(26)23-8-4-5-9-23/h10-11,14,16-17H,4-9,12-13H2,1-3H3. The maximum Gasteiger partial charge on any atom is 0.228 e. The van der Waals surface area contributed by atoms with Crippen molar-refractivity contribution >= 4 is 11.8 Å². The summed E-state index contributed by atoms with van der Waals surface area (Å²) in [5.41, 5.74) is 0.947. The lowest BCUT2D eigenvalue weighted by atomic mass is 9.87. The molecule has 7 heteroatoms.